The van der Waals surface area contributed by atoms with Crippen molar-refractivity contribution in [2.24, 2.45) is 0 Å². The number of hydrogen-bond donors (Lipinski definition) is 1. The third kappa shape index (κ3) is 2.76. The van der Waals surface area contributed by atoms with Crippen LogP contribution in [0.5, 0.6) is 5.75 Å². The highest BCUT2D eigenvalue weighted by Gasteiger charge is 2.36. The quantitative estimate of drug-likeness (QED) is 0.886. The summed E-state index contributed by atoms with van der Waals surface area (Å²) in [5, 5.41) is 3.48. The Hall–Kier alpha value is -1.59. The Bertz CT molecular complexity index is 626. The Balaban J connectivity index is 1.71. The molecular weight excluding hydrogens is 268 g/mol. The predicted molar refractivity (Wildman–Crippen MR) is 80.6 cm³/mol. The summed E-state index contributed by atoms with van der Waals surface area (Å²) < 4.78 is 16.6. The first-order valence-corrected chi connectivity index (χ1v) is 7.36. The van der Waals surface area contributed by atoms with Crippen molar-refractivity contribution in [3.63, 3.8) is 0 Å². The van der Waals surface area contributed by atoms with Crippen LogP contribution in [0.25, 0.3) is 11.1 Å². The second kappa shape index (κ2) is 5.66. The van der Waals surface area contributed by atoms with Gasteiger partial charge < -0.3 is 19.2 Å². The molecule has 0 bridgehead atoms. The van der Waals surface area contributed by atoms with E-state index in [1.54, 1.807) is 14.2 Å². The van der Waals surface area contributed by atoms with Gasteiger partial charge in [-0.15, -0.1) is 0 Å². The van der Waals surface area contributed by atoms with E-state index < -0.39 is 0 Å². The predicted octanol–water partition coefficient (Wildman–Crippen LogP) is 2.80. The zero-order valence-electron chi connectivity index (χ0n) is 12.9. The number of aryl methyl sites for hydroxylation is 1. The Labute approximate surface area is 124 Å². The van der Waals surface area contributed by atoms with Gasteiger partial charge in [-0.1, -0.05) is 0 Å². The van der Waals surface area contributed by atoms with Gasteiger partial charge in [-0.05, 0) is 37.0 Å². The fraction of sp³-hybridized carbons (Fsp3) is 0.562. The molecule has 1 aromatic heterocycles. The van der Waals surface area contributed by atoms with E-state index >= 15 is 0 Å². The van der Waals surface area contributed by atoms with Gasteiger partial charge in [0.1, 0.15) is 5.52 Å². The summed E-state index contributed by atoms with van der Waals surface area (Å²) in [5.74, 6) is 1.39. The average molecular weight is 290 g/mol. The van der Waals surface area contributed by atoms with Crippen molar-refractivity contribution < 1.29 is 13.9 Å². The highest BCUT2D eigenvalue weighted by Crippen LogP contribution is 2.34. The fourth-order valence-electron chi connectivity index (χ4n) is 2.88. The SMILES string of the molecule is COc1cc(CNCC2(OC)CCC2)cc2nc(C)oc12. The standard InChI is InChI=1S/C16H22N2O3/c1-11-18-13-7-12(8-14(19-2)15(13)21-11)9-17-10-16(20-3)5-4-6-16/h7-8,17H,4-6,9-10H2,1-3H3. The van der Waals surface area contributed by atoms with Gasteiger partial charge in [0.15, 0.2) is 17.2 Å². The van der Waals surface area contributed by atoms with Crippen molar-refractivity contribution in [3.05, 3.63) is 23.6 Å². The number of ether oxygens (including phenoxy) is 2. The minimum atomic E-state index is 0.0403. The van der Waals surface area contributed by atoms with Crippen molar-refractivity contribution in [3.8, 4) is 5.75 Å². The second-order valence-corrected chi connectivity index (χ2v) is 5.72. The van der Waals surface area contributed by atoms with Crippen LogP contribution < -0.4 is 10.1 Å². The maximum atomic E-state index is 5.62. The van der Waals surface area contributed by atoms with Crippen LogP contribution in [-0.4, -0.2) is 31.3 Å². The molecule has 0 unspecified atom stereocenters. The average Bonchev–Trinajstić information content (AvgIpc) is 2.81. The first-order valence-electron chi connectivity index (χ1n) is 7.36. The first kappa shape index (κ1) is 14.4. The van der Waals surface area contributed by atoms with Crippen LogP contribution in [0.2, 0.25) is 0 Å². The third-order valence-corrected chi connectivity index (χ3v) is 4.32. The smallest absolute Gasteiger partial charge is 0.196 e. The summed E-state index contributed by atoms with van der Waals surface area (Å²) in [6, 6.07) is 4.04. The molecule has 1 aliphatic carbocycles. The molecule has 5 nitrogen and oxygen atoms in total. The molecule has 1 aliphatic rings. The maximum absolute atomic E-state index is 5.62. The largest absolute Gasteiger partial charge is 0.493 e. The van der Waals surface area contributed by atoms with Crippen molar-refractivity contribution in [1.82, 2.24) is 10.3 Å². The van der Waals surface area contributed by atoms with Gasteiger partial charge in [0.05, 0.1) is 12.7 Å². The summed E-state index contributed by atoms with van der Waals surface area (Å²) >= 11 is 0. The topological polar surface area (TPSA) is 56.5 Å². The number of aromatic nitrogens is 1. The first-order chi connectivity index (χ1) is 10.2. The number of nitrogens with one attached hydrogen (secondary N) is 1. The van der Waals surface area contributed by atoms with Gasteiger partial charge in [-0.25, -0.2) is 4.98 Å². The molecule has 1 fully saturated rings. The summed E-state index contributed by atoms with van der Waals surface area (Å²) in [6.45, 7) is 3.49. The summed E-state index contributed by atoms with van der Waals surface area (Å²) in [6.07, 6.45) is 3.54. The molecule has 21 heavy (non-hydrogen) atoms. The fourth-order valence-corrected chi connectivity index (χ4v) is 2.88. The summed E-state index contributed by atoms with van der Waals surface area (Å²) in [5.41, 5.74) is 2.73. The second-order valence-electron chi connectivity index (χ2n) is 5.72. The van der Waals surface area contributed by atoms with E-state index in [4.69, 9.17) is 13.9 Å². The highest BCUT2D eigenvalue weighted by molar-refractivity contribution is 5.80. The summed E-state index contributed by atoms with van der Waals surface area (Å²) in [4.78, 5) is 4.38. The molecule has 1 aromatic carbocycles. The molecule has 5 heteroatoms. The monoisotopic (exact) mass is 290 g/mol. The van der Waals surface area contributed by atoms with Crippen LogP contribution in [-0.2, 0) is 11.3 Å². The molecule has 0 aliphatic heterocycles. The molecule has 0 spiro atoms. The molecule has 3 rings (SSSR count). The van der Waals surface area contributed by atoms with Crippen molar-refractivity contribution >= 4 is 11.1 Å². The molecule has 114 valence electrons. The van der Waals surface area contributed by atoms with Gasteiger partial charge in [-0.3, -0.25) is 0 Å². The van der Waals surface area contributed by atoms with E-state index in [2.05, 4.69) is 10.3 Å². The van der Waals surface area contributed by atoms with E-state index in [0.717, 1.165) is 42.8 Å². The Morgan fingerprint density at radius 3 is 2.76 bits per heavy atom. The zero-order chi connectivity index (χ0) is 14.9. The molecule has 2 aromatic rings. The molecule has 1 saturated carbocycles. The minimum Gasteiger partial charge on any atom is -0.493 e. The van der Waals surface area contributed by atoms with Gasteiger partial charge in [-0.2, -0.15) is 0 Å². The van der Waals surface area contributed by atoms with Crippen molar-refractivity contribution in [2.45, 2.75) is 38.3 Å². The zero-order valence-corrected chi connectivity index (χ0v) is 12.9. The number of hydrogen-bond acceptors (Lipinski definition) is 5. The molecular formula is C16H22N2O3. The third-order valence-electron chi connectivity index (χ3n) is 4.32. The molecule has 1 heterocycles. The van der Waals surface area contributed by atoms with E-state index in [0.29, 0.717) is 11.5 Å². The number of methoxy groups -OCH3 is 2. The Morgan fingerprint density at radius 1 is 1.33 bits per heavy atom. The normalized spacial score (nSPS) is 16.9. The lowest BCUT2D eigenvalue weighted by Gasteiger charge is -2.40. The van der Waals surface area contributed by atoms with Crippen LogP contribution in [0, 0.1) is 6.92 Å². The van der Waals surface area contributed by atoms with Crippen LogP contribution in [0.4, 0.5) is 0 Å². The molecule has 0 radical (unpaired) electrons. The van der Waals surface area contributed by atoms with E-state index in [-0.39, 0.29) is 5.60 Å². The maximum Gasteiger partial charge on any atom is 0.196 e. The van der Waals surface area contributed by atoms with Crippen LogP contribution in [0.15, 0.2) is 16.5 Å². The molecule has 0 amide bonds. The summed E-state index contributed by atoms with van der Waals surface area (Å²) in [7, 11) is 3.45. The van der Waals surface area contributed by atoms with Gasteiger partial charge in [0.2, 0.25) is 0 Å². The van der Waals surface area contributed by atoms with Crippen molar-refractivity contribution in [1.29, 1.82) is 0 Å². The van der Waals surface area contributed by atoms with Crippen LogP contribution in [0.3, 0.4) is 0 Å². The van der Waals surface area contributed by atoms with Crippen LogP contribution in [0.1, 0.15) is 30.7 Å². The number of fused-ring (bicyclic) bond motifs is 1. The Morgan fingerprint density at radius 2 is 2.14 bits per heavy atom. The van der Waals surface area contributed by atoms with E-state index in [1.807, 2.05) is 19.1 Å². The van der Waals surface area contributed by atoms with Gasteiger partial charge in [0, 0.05) is 27.1 Å². The molecule has 1 N–H and O–H groups in total. The highest BCUT2D eigenvalue weighted by atomic mass is 16.5. The van der Waals surface area contributed by atoms with E-state index in [9.17, 15) is 0 Å². The van der Waals surface area contributed by atoms with Gasteiger partial charge in [0.25, 0.3) is 0 Å². The number of oxazole rings is 1. The van der Waals surface area contributed by atoms with E-state index in [1.165, 1.54) is 6.42 Å². The van der Waals surface area contributed by atoms with Crippen LogP contribution >= 0.6 is 0 Å². The molecule has 0 saturated heterocycles. The molecule has 0 atom stereocenters. The minimum absolute atomic E-state index is 0.0403. The number of benzene rings is 1. The number of nitrogens with zero attached hydrogens (tertiary/aromatic N) is 1. The van der Waals surface area contributed by atoms with Crippen molar-refractivity contribution in [2.75, 3.05) is 20.8 Å². The lowest BCUT2D eigenvalue weighted by Crippen LogP contribution is -2.47. The lowest BCUT2D eigenvalue weighted by atomic mass is 9.80. The lowest BCUT2D eigenvalue weighted by molar-refractivity contribution is -0.0695. The number of rotatable bonds is 6. The Kier molecular flexibility index (Phi) is 3.87. The van der Waals surface area contributed by atoms with Gasteiger partial charge >= 0.3 is 0 Å².